The van der Waals surface area contributed by atoms with Gasteiger partial charge in [0.1, 0.15) is 5.76 Å². The highest BCUT2D eigenvalue weighted by Crippen LogP contribution is 2.34. The number of aryl methyl sites for hydroxylation is 1. The topological polar surface area (TPSA) is 33.4 Å². The molecule has 0 radical (unpaired) electrons. The number of aliphatic hydroxyl groups is 1. The molecule has 2 heterocycles. The van der Waals surface area contributed by atoms with Crippen LogP contribution < -0.4 is 0 Å². The standard InChI is InChI=1S/C11H12O2S/c1-8-5-7-14-10(8)11(2,12)9-4-3-6-13-9/h3-7,12H,1-2H3. The van der Waals surface area contributed by atoms with Crippen molar-refractivity contribution in [2.45, 2.75) is 19.4 Å². The molecule has 1 N–H and O–H groups in total. The van der Waals surface area contributed by atoms with Crippen molar-refractivity contribution in [2.24, 2.45) is 0 Å². The third-order valence-corrected chi connectivity index (χ3v) is 3.53. The highest BCUT2D eigenvalue weighted by atomic mass is 32.1. The SMILES string of the molecule is Cc1ccsc1C(C)(O)c1ccco1. The lowest BCUT2D eigenvalue weighted by molar-refractivity contribution is 0.0799. The van der Waals surface area contributed by atoms with Gasteiger partial charge in [-0.1, -0.05) is 0 Å². The third kappa shape index (κ3) is 1.38. The monoisotopic (exact) mass is 208 g/mol. The van der Waals surface area contributed by atoms with E-state index in [2.05, 4.69) is 0 Å². The van der Waals surface area contributed by atoms with Crippen LogP contribution in [-0.4, -0.2) is 5.11 Å². The molecule has 74 valence electrons. The van der Waals surface area contributed by atoms with Gasteiger partial charge >= 0.3 is 0 Å². The van der Waals surface area contributed by atoms with E-state index in [-0.39, 0.29) is 0 Å². The normalized spacial score (nSPS) is 15.4. The van der Waals surface area contributed by atoms with Crippen LogP contribution in [-0.2, 0) is 5.60 Å². The van der Waals surface area contributed by atoms with E-state index < -0.39 is 5.60 Å². The van der Waals surface area contributed by atoms with Crippen LogP contribution in [0.2, 0.25) is 0 Å². The molecule has 14 heavy (non-hydrogen) atoms. The molecule has 0 fully saturated rings. The molecule has 0 aliphatic carbocycles. The van der Waals surface area contributed by atoms with E-state index in [0.717, 1.165) is 10.4 Å². The summed E-state index contributed by atoms with van der Waals surface area (Å²) in [7, 11) is 0. The minimum absolute atomic E-state index is 0.586. The maximum Gasteiger partial charge on any atom is 0.153 e. The average molecular weight is 208 g/mol. The molecule has 1 atom stereocenters. The van der Waals surface area contributed by atoms with Crippen LogP contribution in [0.3, 0.4) is 0 Å². The summed E-state index contributed by atoms with van der Waals surface area (Å²) in [6.45, 7) is 3.74. The van der Waals surface area contributed by atoms with E-state index in [1.807, 2.05) is 18.4 Å². The Kier molecular flexibility index (Phi) is 2.21. The van der Waals surface area contributed by atoms with Gasteiger partial charge in [0.25, 0.3) is 0 Å². The lowest BCUT2D eigenvalue weighted by Gasteiger charge is -2.20. The fourth-order valence-electron chi connectivity index (χ4n) is 1.54. The Labute approximate surface area is 86.8 Å². The van der Waals surface area contributed by atoms with Gasteiger partial charge in [0, 0.05) is 4.88 Å². The summed E-state index contributed by atoms with van der Waals surface area (Å²) in [5.74, 6) is 0.586. The predicted molar refractivity (Wildman–Crippen MR) is 56.4 cm³/mol. The first-order chi connectivity index (χ1) is 6.62. The highest BCUT2D eigenvalue weighted by molar-refractivity contribution is 7.10. The van der Waals surface area contributed by atoms with Gasteiger partial charge in [0.05, 0.1) is 6.26 Å². The van der Waals surface area contributed by atoms with Crippen LogP contribution >= 0.6 is 11.3 Å². The van der Waals surface area contributed by atoms with Crippen LogP contribution in [0, 0.1) is 6.92 Å². The van der Waals surface area contributed by atoms with Gasteiger partial charge in [0.15, 0.2) is 5.60 Å². The zero-order valence-electron chi connectivity index (χ0n) is 8.15. The van der Waals surface area contributed by atoms with Gasteiger partial charge in [-0.3, -0.25) is 0 Å². The molecular weight excluding hydrogens is 196 g/mol. The van der Waals surface area contributed by atoms with E-state index in [1.54, 1.807) is 36.7 Å². The Morgan fingerprint density at radius 1 is 1.43 bits per heavy atom. The van der Waals surface area contributed by atoms with E-state index in [1.165, 1.54) is 0 Å². The number of rotatable bonds is 2. The number of hydrogen-bond acceptors (Lipinski definition) is 3. The van der Waals surface area contributed by atoms with Gasteiger partial charge < -0.3 is 9.52 Å². The van der Waals surface area contributed by atoms with E-state index in [4.69, 9.17) is 4.42 Å². The zero-order chi connectivity index (χ0) is 10.2. The van der Waals surface area contributed by atoms with Crippen molar-refractivity contribution >= 4 is 11.3 Å². The molecular formula is C11H12O2S. The summed E-state index contributed by atoms with van der Waals surface area (Å²) >= 11 is 1.54. The van der Waals surface area contributed by atoms with Crippen molar-refractivity contribution in [3.05, 3.63) is 46.0 Å². The maximum atomic E-state index is 10.3. The molecule has 2 rings (SSSR count). The molecule has 1 unspecified atom stereocenters. The molecule has 0 aliphatic rings. The van der Waals surface area contributed by atoms with Crippen LogP contribution in [0.1, 0.15) is 23.1 Å². The molecule has 0 aromatic carbocycles. The van der Waals surface area contributed by atoms with Crippen molar-refractivity contribution in [3.63, 3.8) is 0 Å². The molecule has 2 aromatic rings. The second kappa shape index (κ2) is 3.26. The van der Waals surface area contributed by atoms with Crippen LogP contribution in [0.25, 0.3) is 0 Å². The molecule has 2 aromatic heterocycles. The molecule has 0 spiro atoms. The van der Waals surface area contributed by atoms with E-state index in [0.29, 0.717) is 5.76 Å². The third-order valence-electron chi connectivity index (χ3n) is 2.31. The summed E-state index contributed by atoms with van der Waals surface area (Å²) in [6.07, 6.45) is 1.58. The van der Waals surface area contributed by atoms with Gasteiger partial charge in [-0.05, 0) is 43.0 Å². The molecule has 0 bridgehead atoms. The van der Waals surface area contributed by atoms with Gasteiger partial charge in [0.2, 0.25) is 0 Å². The quantitative estimate of drug-likeness (QED) is 0.823. The fraction of sp³-hybridized carbons (Fsp3) is 0.273. The smallest absolute Gasteiger partial charge is 0.153 e. The van der Waals surface area contributed by atoms with E-state index in [9.17, 15) is 5.11 Å². The Balaban J connectivity index is 2.48. The lowest BCUT2D eigenvalue weighted by Crippen LogP contribution is -2.21. The van der Waals surface area contributed by atoms with Crippen molar-refractivity contribution in [1.82, 2.24) is 0 Å². The van der Waals surface area contributed by atoms with E-state index >= 15 is 0 Å². The molecule has 0 aliphatic heterocycles. The number of hydrogen-bond donors (Lipinski definition) is 1. The fourth-order valence-corrected chi connectivity index (χ4v) is 2.53. The Morgan fingerprint density at radius 2 is 2.21 bits per heavy atom. The molecule has 0 amide bonds. The Bertz CT molecular complexity index is 412. The highest BCUT2D eigenvalue weighted by Gasteiger charge is 2.31. The van der Waals surface area contributed by atoms with Crippen molar-refractivity contribution < 1.29 is 9.52 Å². The number of furan rings is 1. The minimum Gasteiger partial charge on any atom is -0.466 e. The first-order valence-electron chi connectivity index (χ1n) is 4.43. The van der Waals surface area contributed by atoms with Crippen LogP contribution in [0.15, 0.2) is 34.3 Å². The summed E-state index contributed by atoms with van der Waals surface area (Å²) in [5, 5.41) is 12.3. The largest absolute Gasteiger partial charge is 0.466 e. The average Bonchev–Trinajstić information content (AvgIpc) is 2.72. The first kappa shape index (κ1) is 9.49. The molecule has 2 nitrogen and oxygen atoms in total. The van der Waals surface area contributed by atoms with Crippen LogP contribution in [0.4, 0.5) is 0 Å². The molecule has 0 saturated heterocycles. The zero-order valence-corrected chi connectivity index (χ0v) is 8.97. The van der Waals surface area contributed by atoms with Crippen molar-refractivity contribution in [3.8, 4) is 0 Å². The van der Waals surface area contributed by atoms with Crippen molar-refractivity contribution in [2.75, 3.05) is 0 Å². The summed E-state index contributed by atoms with van der Waals surface area (Å²) in [6, 6.07) is 5.57. The second-order valence-electron chi connectivity index (χ2n) is 3.48. The van der Waals surface area contributed by atoms with Crippen molar-refractivity contribution in [1.29, 1.82) is 0 Å². The van der Waals surface area contributed by atoms with Gasteiger partial charge in [-0.15, -0.1) is 11.3 Å². The molecule has 0 saturated carbocycles. The summed E-state index contributed by atoms with van der Waals surface area (Å²) in [5.41, 5.74) is 0.0817. The summed E-state index contributed by atoms with van der Waals surface area (Å²) in [4.78, 5) is 0.937. The second-order valence-corrected chi connectivity index (χ2v) is 4.40. The first-order valence-corrected chi connectivity index (χ1v) is 5.31. The van der Waals surface area contributed by atoms with Gasteiger partial charge in [-0.2, -0.15) is 0 Å². The maximum absolute atomic E-state index is 10.3. The number of thiophene rings is 1. The molecule has 3 heteroatoms. The Hall–Kier alpha value is -1.06. The van der Waals surface area contributed by atoms with Crippen LogP contribution in [0.5, 0.6) is 0 Å². The predicted octanol–water partition coefficient (Wildman–Crippen LogP) is 2.91. The summed E-state index contributed by atoms with van der Waals surface area (Å²) < 4.78 is 5.23. The Morgan fingerprint density at radius 3 is 2.71 bits per heavy atom. The van der Waals surface area contributed by atoms with Gasteiger partial charge in [-0.25, -0.2) is 0 Å². The lowest BCUT2D eigenvalue weighted by atomic mass is 9.99. The minimum atomic E-state index is -1.01.